The Morgan fingerprint density at radius 1 is 0.913 bits per heavy atom. The molecule has 0 aliphatic carbocycles. The fourth-order valence-corrected chi connectivity index (χ4v) is 1.29. The molecule has 0 radical (unpaired) electrons. The average molecular weight is 335 g/mol. The lowest BCUT2D eigenvalue weighted by molar-refractivity contribution is -0.160. The molecule has 0 atom stereocenters. The summed E-state index contributed by atoms with van der Waals surface area (Å²) in [6.45, 7) is 5.38. The van der Waals surface area contributed by atoms with E-state index in [9.17, 15) is 14.4 Å². The summed E-state index contributed by atoms with van der Waals surface area (Å²) in [7, 11) is 0. The Balaban J connectivity index is 3.38. The minimum absolute atomic E-state index is 0.141. The Morgan fingerprint density at radius 2 is 1.57 bits per heavy atom. The molecule has 9 nitrogen and oxygen atoms in total. The minimum atomic E-state index is -1.13. The number of amides is 1. The molecule has 0 spiro atoms. The third-order valence-corrected chi connectivity index (χ3v) is 2.04. The summed E-state index contributed by atoms with van der Waals surface area (Å²) in [5.74, 6) is -1.99. The van der Waals surface area contributed by atoms with Crippen LogP contribution in [0.3, 0.4) is 0 Å². The number of carboxylic acids is 1. The first kappa shape index (κ1) is 21.3. The Labute approximate surface area is 135 Å². The predicted octanol–water partition coefficient (Wildman–Crippen LogP) is -0.421. The van der Waals surface area contributed by atoms with Gasteiger partial charge in [0.1, 0.15) is 25.4 Å². The van der Waals surface area contributed by atoms with Crippen molar-refractivity contribution in [3.05, 3.63) is 0 Å². The number of nitrogens with one attached hydrogen (secondary N) is 1. The summed E-state index contributed by atoms with van der Waals surface area (Å²) in [4.78, 5) is 32.7. The number of hydrogen-bond acceptors (Lipinski definition) is 7. The van der Waals surface area contributed by atoms with Crippen LogP contribution in [-0.4, -0.2) is 74.7 Å². The molecule has 0 bridgehead atoms. The summed E-state index contributed by atoms with van der Waals surface area (Å²) in [5, 5.41) is 10.8. The molecule has 134 valence electrons. The van der Waals surface area contributed by atoms with Crippen molar-refractivity contribution < 1.29 is 38.4 Å². The van der Waals surface area contributed by atoms with Gasteiger partial charge >= 0.3 is 11.9 Å². The smallest absolute Gasteiger partial charge is 0.332 e. The molecule has 0 fully saturated rings. The van der Waals surface area contributed by atoms with Crippen molar-refractivity contribution in [3.8, 4) is 0 Å². The van der Waals surface area contributed by atoms with E-state index < -0.39 is 30.1 Å². The number of esters is 1. The topological polar surface area (TPSA) is 120 Å². The Bertz CT molecular complexity index is 377. The zero-order chi connectivity index (χ0) is 17.7. The summed E-state index contributed by atoms with van der Waals surface area (Å²) < 4.78 is 19.9. The molecule has 1 amide bonds. The lowest BCUT2D eigenvalue weighted by Gasteiger charge is -2.19. The molecule has 0 aromatic carbocycles. The zero-order valence-corrected chi connectivity index (χ0v) is 13.8. The van der Waals surface area contributed by atoms with E-state index in [4.69, 9.17) is 19.3 Å². The molecule has 0 aromatic rings. The quantitative estimate of drug-likeness (QED) is 0.364. The highest BCUT2D eigenvalue weighted by molar-refractivity contribution is 5.77. The van der Waals surface area contributed by atoms with Crippen LogP contribution in [-0.2, 0) is 33.3 Å². The van der Waals surface area contributed by atoms with Gasteiger partial charge in [0, 0.05) is 6.54 Å². The van der Waals surface area contributed by atoms with Crippen LogP contribution in [0.15, 0.2) is 0 Å². The van der Waals surface area contributed by atoms with E-state index >= 15 is 0 Å². The number of carbonyl (C=O) groups excluding carboxylic acids is 2. The molecule has 0 aliphatic rings. The number of rotatable bonds is 12. The Hall–Kier alpha value is -1.71. The van der Waals surface area contributed by atoms with Gasteiger partial charge in [0.05, 0.1) is 19.8 Å². The number of carbonyl (C=O) groups is 3. The molecular weight excluding hydrogens is 310 g/mol. The first-order chi connectivity index (χ1) is 10.7. The second kappa shape index (κ2) is 11.8. The highest BCUT2D eigenvalue weighted by atomic mass is 16.6. The molecule has 0 rings (SSSR count). The first-order valence-electron chi connectivity index (χ1n) is 7.14. The highest BCUT2D eigenvalue weighted by Gasteiger charge is 2.15. The SMILES string of the molecule is CC(C)(C)OC(=O)COCCOCCNC(=O)COCC(=O)O. The van der Waals surface area contributed by atoms with Gasteiger partial charge < -0.3 is 29.4 Å². The van der Waals surface area contributed by atoms with Crippen LogP contribution in [0, 0.1) is 0 Å². The summed E-state index contributed by atoms with van der Waals surface area (Å²) in [5.41, 5.74) is -0.538. The van der Waals surface area contributed by atoms with Gasteiger partial charge in [0.15, 0.2) is 0 Å². The second-order valence-corrected chi connectivity index (χ2v) is 5.49. The zero-order valence-electron chi connectivity index (χ0n) is 13.8. The van der Waals surface area contributed by atoms with Gasteiger partial charge in [0.2, 0.25) is 5.91 Å². The van der Waals surface area contributed by atoms with Gasteiger partial charge in [-0.2, -0.15) is 0 Å². The normalized spacial score (nSPS) is 11.1. The van der Waals surface area contributed by atoms with E-state index in [0.717, 1.165) is 0 Å². The van der Waals surface area contributed by atoms with Crippen LogP contribution < -0.4 is 5.32 Å². The van der Waals surface area contributed by atoms with Crippen molar-refractivity contribution >= 4 is 17.8 Å². The van der Waals surface area contributed by atoms with Gasteiger partial charge in [-0.25, -0.2) is 9.59 Å². The third kappa shape index (κ3) is 16.5. The number of ether oxygens (including phenoxy) is 4. The molecule has 0 saturated heterocycles. The van der Waals surface area contributed by atoms with Gasteiger partial charge in [-0.05, 0) is 20.8 Å². The fraction of sp³-hybridized carbons (Fsp3) is 0.786. The van der Waals surface area contributed by atoms with Crippen molar-refractivity contribution in [3.63, 3.8) is 0 Å². The van der Waals surface area contributed by atoms with Crippen LogP contribution >= 0.6 is 0 Å². The Morgan fingerprint density at radius 3 is 2.17 bits per heavy atom. The van der Waals surface area contributed by atoms with E-state index in [0.29, 0.717) is 0 Å². The summed E-state index contributed by atoms with van der Waals surface area (Å²) in [6.07, 6.45) is 0. The maximum atomic E-state index is 11.3. The monoisotopic (exact) mass is 335 g/mol. The van der Waals surface area contributed by atoms with Crippen LogP contribution in [0.25, 0.3) is 0 Å². The van der Waals surface area contributed by atoms with Crippen molar-refractivity contribution in [1.29, 1.82) is 0 Å². The van der Waals surface area contributed by atoms with Gasteiger partial charge in [-0.15, -0.1) is 0 Å². The van der Waals surface area contributed by atoms with E-state index in [1.807, 2.05) is 0 Å². The van der Waals surface area contributed by atoms with Crippen molar-refractivity contribution in [1.82, 2.24) is 5.32 Å². The van der Waals surface area contributed by atoms with E-state index in [2.05, 4.69) is 10.1 Å². The molecule has 0 heterocycles. The Kier molecular flexibility index (Phi) is 10.9. The first-order valence-corrected chi connectivity index (χ1v) is 7.14. The van der Waals surface area contributed by atoms with Gasteiger partial charge in [0.25, 0.3) is 0 Å². The van der Waals surface area contributed by atoms with Gasteiger partial charge in [-0.1, -0.05) is 0 Å². The maximum absolute atomic E-state index is 11.3. The highest BCUT2D eigenvalue weighted by Crippen LogP contribution is 2.06. The lowest BCUT2D eigenvalue weighted by atomic mass is 10.2. The largest absolute Gasteiger partial charge is 0.480 e. The third-order valence-electron chi connectivity index (χ3n) is 2.04. The molecule has 9 heteroatoms. The summed E-state index contributed by atoms with van der Waals surface area (Å²) >= 11 is 0. The molecule has 2 N–H and O–H groups in total. The van der Waals surface area contributed by atoms with Gasteiger partial charge in [-0.3, -0.25) is 4.79 Å². The van der Waals surface area contributed by atoms with E-state index in [1.54, 1.807) is 20.8 Å². The standard InChI is InChI=1S/C14H25NO8/c1-14(2,3)23-13(19)10-21-7-6-20-5-4-15-11(16)8-22-9-12(17)18/h4-10H2,1-3H3,(H,15,16)(H,17,18). The molecule has 0 unspecified atom stereocenters. The van der Waals surface area contributed by atoms with Crippen LogP contribution in [0.5, 0.6) is 0 Å². The van der Waals surface area contributed by atoms with Crippen molar-refractivity contribution in [2.45, 2.75) is 26.4 Å². The molecule has 0 saturated carbocycles. The van der Waals surface area contributed by atoms with E-state index in [-0.39, 0.29) is 39.6 Å². The van der Waals surface area contributed by atoms with Crippen LogP contribution in [0.2, 0.25) is 0 Å². The fourth-order valence-electron chi connectivity index (χ4n) is 1.29. The number of aliphatic carboxylic acids is 1. The molecule has 0 aliphatic heterocycles. The summed E-state index contributed by atoms with van der Waals surface area (Å²) in [6, 6.07) is 0. The van der Waals surface area contributed by atoms with Crippen molar-refractivity contribution in [2.24, 2.45) is 0 Å². The molecule has 0 aromatic heterocycles. The lowest BCUT2D eigenvalue weighted by Crippen LogP contribution is -2.31. The van der Waals surface area contributed by atoms with Crippen LogP contribution in [0.4, 0.5) is 0 Å². The predicted molar refractivity (Wildman–Crippen MR) is 78.9 cm³/mol. The number of hydrogen-bond donors (Lipinski definition) is 2. The number of carboxylic acid groups (broad SMARTS) is 1. The molecular formula is C14H25NO8. The molecule has 23 heavy (non-hydrogen) atoms. The second-order valence-electron chi connectivity index (χ2n) is 5.49. The van der Waals surface area contributed by atoms with Crippen molar-refractivity contribution in [2.75, 3.05) is 46.2 Å². The van der Waals surface area contributed by atoms with Crippen LogP contribution in [0.1, 0.15) is 20.8 Å². The maximum Gasteiger partial charge on any atom is 0.332 e. The average Bonchev–Trinajstić information content (AvgIpc) is 2.39. The minimum Gasteiger partial charge on any atom is -0.480 e. The van der Waals surface area contributed by atoms with E-state index in [1.165, 1.54) is 0 Å².